The molecule has 2 aliphatic heterocycles. The van der Waals surface area contributed by atoms with Crippen LogP contribution in [-0.2, 0) is 14.9 Å². The standard InChI is InChI=1S/C23H25ClN2O6/c24-17-7-19-18(25-22(26-19)32-15-5-20(29)21(8-27)31-9-15)6-16(17)13-1-3-14(4-2-13)23(10-28)11-30-12-23/h1-4,6-7,15,20-21,27-29H,5,8-12H2,(H,25,26)/t15-,20+,21-/m1/s1. The topological polar surface area (TPSA) is 117 Å². The molecule has 5 rings (SSSR count). The van der Waals surface area contributed by atoms with E-state index < -0.39 is 12.2 Å². The van der Waals surface area contributed by atoms with E-state index in [9.17, 15) is 15.3 Å². The van der Waals surface area contributed by atoms with Crippen molar-refractivity contribution in [1.82, 2.24) is 9.97 Å². The minimum Gasteiger partial charge on any atom is -0.459 e. The van der Waals surface area contributed by atoms with Crippen molar-refractivity contribution in [2.75, 3.05) is 33.0 Å². The van der Waals surface area contributed by atoms with Crippen LogP contribution in [0.4, 0.5) is 0 Å². The number of aromatic nitrogens is 2. The first kappa shape index (κ1) is 21.6. The normalized spacial score (nSPS) is 24.9. The van der Waals surface area contributed by atoms with Crippen molar-refractivity contribution in [3.63, 3.8) is 0 Å². The molecule has 2 aliphatic rings. The lowest BCUT2D eigenvalue weighted by Gasteiger charge is -2.40. The highest BCUT2D eigenvalue weighted by molar-refractivity contribution is 6.34. The maximum Gasteiger partial charge on any atom is 0.294 e. The molecular formula is C23H25ClN2O6. The Morgan fingerprint density at radius 2 is 1.97 bits per heavy atom. The number of hydrogen-bond acceptors (Lipinski definition) is 7. The number of nitrogens with zero attached hydrogens (tertiary/aromatic N) is 1. The van der Waals surface area contributed by atoms with Crippen LogP contribution >= 0.6 is 11.6 Å². The Kier molecular flexibility index (Phi) is 5.83. The van der Waals surface area contributed by atoms with Gasteiger partial charge in [0, 0.05) is 12.0 Å². The molecule has 2 saturated heterocycles. The highest BCUT2D eigenvalue weighted by atomic mass is 35.5. The molecule has 1 aromatic heterocycles. The van der Waals surface area contributed by atoms with Gasteiger partial charge < -0.3 is 34.5 Å². The summed E-state index contributed by atoms with van der Waals surface area (Å²) < 4.78 is 16.6. The van der Waals surface area contributed by atoms with E-state index in [1.165, 1.54) is 0 Å². The van der Waals surface area contributed by atoms with E-state index in [1.54, 1.807) is 0 Å². The molecule has 3 aromatic rings. The predicted molar refractivity (Wildman–Crippen MR) is 118 cm³/mol. The Balaban J connectivity index is 1.36. The van der Waals surface area contributed by atoms with Crippen LogP contribution in [0.15, 0.2) is 36.4 Å². The monoisotopic (exact) mass is 460 g/mol. The van der Waals surface area contributed by atoms with E-state index in [4.69, 9.17) is 25.8 Å². The Morgan fingerprint density at radius 1 is 1.19 bits per heavy atom. The number of aliphatic hydroxyl groups is 3. The fourth-order valence-electron chi connectivity index (χ4n) is 4.23. The van der Waals surface area contributed by atoms with Gasteiger partial charge >= 0.3 is 0 Å². The fourth-order valence-corrected chi connectivity index (χ4v) is 4.50. The summed E-state index contributed by atoms with van der Waals surface area (Å²) in [5, 5.41) is 29.5. The molecule has 0 spiro atoms. The molecule has 2 aromatic carbocycles. The molecule has 0 unspecified atom stereocenters. The molecule has 0 aliphatic carbocycles. The molecule has 3 atom stereocenters. The molecule has 0 bridgehead atoms. The molecular weight excluding hydrogens is 436 g/mol. The van der Waals surface area contributed by atoms with Crippen LogP contribution in [0.2, 0.25) is 5.02 Å². The van der Waals surface area contributed by atoms with Crippen LogP contribution in [0.3, 0.4) is 0 Å². The zero-order valence-electron chi connectivity index (χ0n) is 17.3. The van der Waals surface area contributed by atoms with Crippen molar-refractivity contribution in [1.29, 1.82) is 0 Å². The lowest BCUT2D eigenvalue weighted by atomic mass is 9.79. The number of aliphatic hydroxyl groups excluding tert-OH is 3. The Labute approximate surface area is 189 Å². The van der Waals surface area contributed by atoms with Crippen LogP contribution in [0.25, 0.3) is 22.2 Å². The Hall–Kier alpha value is -2.20. The summed E-state index contributed by atoms with van der Waals surface area (Å²) in [6, 6.07) is 12.0. The number of aromatic amines is 1. The van der Waals surface area contributed by atoms with Gasteiger partial charge in [-0.15, -0.1) is 0 Å². The molecule has 3 heterocycles. The minimum absolute atomic E-state index is 0.0544. The van der Waals surface area contributed by atoms with Gasteiger partial charge in [-0.3, -0.25) is 0 Å². The molecule has 4 N–H and O–H groups in total. The van der Waals surface area contributed by atoms with Gasteiger partial charge in [-0.1, -0.05) is 35.9 Å². The number of imidazole rings is 1. The van der Waals surface area contributed by atoms with Gasteiger partial charge in [0.25, 0.3) is 6.01 Å². The predicted octanol–water partition coefficient (Wildman–Crippen LogP) is 2.03. The largest absolute Gasteiger partial charge is 0.459 e. The van der Waals surface area contributed by atoms with E-state index in [1.807, 2.05) is 36.4 Å². The lowest BCUT2D eigenvalue weighted by molar-refractivity contribution is -0.131. The second kappa shape index (κ2) is 8.62. The zero-order chi connectivity index (χ0) is 22.3. The maximum atomic E-state index is 10.0. The number of benzene rings is 2. The summed E-state index contributed by atoms with van der Waals surface area (Å²) in [6.07, 6.45) is -1.39. The van der Waals surface area contributed by atoms with Gasteiger partial charge in [-0.2, -0.15) is 4.98 Å². The Morgan fingerprint density at radius 3 is 2.59 bits per heavy atom. The van der Waals surface area contributed by atoms with E-state index in [2.05, 4.69) is 9.97 Å². The second-order valence-corrected chi connectivity index (χ2v) is 8.90. The summed E-state index contributed by atoms with van der Waals surface area (Å²) in [7, 11) is 0. The van der Waals surface area contributed by atoms with Crippen LogP contribution in [-0.4, -0.2) is 76.6 Å². The third-order valence-electron chi connectivity index (χ3n) is 6.30. The summed E-state index contributed by atoms with van der Waals surface area (Å²) in [6.45, 7) is 1.14. The number of H-pyrrole nitrogens is 1. The first-order valence-corrected chi connectivity index (χ1v) is 10.9. The van der Waals surface area contributed by atoms with Crippen molar-refractivity contribution in [3.8, 4) is 17.1 Å². The molecule has 0 radical (unpaired) electrons. The number of hydrogen-bond donors (Lipinski definition) is 4. The highest BCUT2D eigenvalue weighted by Gasteiger charge is 2.39. The highest BCUT2D eigenvalue weighted by Crippen LogP contribution is 2.36. The molecule has 2 fully saturated rings. The summed E-state index contributed by atoms with van der Waals surface area (Å²) >= 11 is 6.56. The van der Waals surface area contributed by atoms with Gasteiger partial charge in [-0.05, 0) is 23.3 Å². The number of halogens is 1. The molecule has 8 nitrogen and oxygen atoms in total. The third-order valence-corrected chi connectivity index (χ3v) is 6.62. The molecule has 9 heteroatoms. The lowest BCUT2D eigenvalue weighted by Crippen LogP contribution is -2.49. The summed E-state index contributed by atoms with van der Waals surface area (Å²) in [4.78, 5) is 7.63. The summed E-state index contributed by atoms with van der Waals surface area (Å²) in [5.74, 6) is 0. The quantitative estimate of drug-likeness (QED) is 0.444. The molecule has 170 valence electrons. The summed E-state index contributed by atoms with van der Waals surface area (Å²) in [5.41, 5.74) is 3.96. The molecule has 32 heavy (non-hydrogen) atoms. The van der Waals surface area contributed by atoms with Gasteiger partial charge in [0.15, 0.2) is 0 Å². The first-order valence-electron chi connectivity index (χ1n) is 10.6. The van der Waals surface area contributed by atoms with Crippen LogP contribution in [0, 0.1) is 0 Å². The van der Waals surface area contributed by atoms with Gasteiger partial charge in [-0.25, -0.2) is 0 Å². The van der Waals surface area contributed by atoms with E-state index in [-0.39, 0.29) is 31.3 Å². The van der Waals surface area contributed by atoms with Crippen molar-refractivity contribution >= 4 is 22.6 Å². The number of rotatable bonds is 6. The number of nitrogens with one attached hydrogen (secondary N) is 1. The van der Waals surface area contributed by atoms with Crippen molar-refractivity contribution < 1.29 is 29.5 Å². The molecule has 0 amide bonds. The zero-order valence-corrected chi connectivity index (χ0v) is 18.1. The van der Waals surface area contributed by atoms with E-state index >= 15 is 0 Å². The Bertz CT molecular complexity index is 1090. The minimum atomic E-state index is -0.788. The van der Waals surface area contributed by atoms with Gasteiger partial charge in [0.1, 0.15) is 12.2 Å². The number of fused-ring (bicyclic) bond motifs is 1. The average Bonchev–Trinajstić information content (AvgIpc) is 3.14. The van der Waals surface area contributed by atoms with E-state index in [0.717, 1.165) is 22.2 Å². The number of ether oxygens (including phenoxy) is 3. The average molecular weight is 461 g/mol. The van der Waals surface area contributed by atoms with Crippen molar-refractivity contribution in [2.45, 2.75) is 30.1 Å². The fraction of sp³-hybridized carbons (Fsp3) is 0.435. The third kappa shape index (κ3) is 3.87. The van der Waals surface area contributed by atoms with Crippen molar-refractivity contribution in [3.05, 3.63) is 47.0 Å². The van der Waals surface area contributed by atoms with Crippen LogP contribution in [0.1, 0.15) is 12.0 Å². The van der Waals surface area contributed by atoms with Crippen LogP contribution in [0.5, 0.6) is 6.01 Å². The van der Waals surface area contributed by atoms with Crippen molar-refractivity contribution in [2.24, 2.45) is 0 Å². The van der Waals surface area contributed by atoms with Gasteiger partial charge in [0.2, 0.25) is 0 Å². The SMILES string of the molecule is OC[C@H]1OC[C@H](Oc2nc3cc(-c4ccc(C5(CO)COC5)cc4)c(Cl)cc3[nH]2)C[C@@H]1O. The first-order chi connectivity index (χ1) is 15.5. The molecule has 0 saturated carbocycles. The van der Waals surface area contributed by atoms with Crippen LogP contribution < -0.4 is 4.74 Å². The van der Waals surface area contributed by atoms with Gasteiger partial charge in [0.05, 0.1) is 60.6 Å². The smallest absolute Gasteiger partial charge is 0.294 e. The second-order valence-electron chi connectivity index (χ2n) is 8.50. The maximum absolute atomic E-state index is 10.0. The van der Waals surface area contributed by atoms with E-state index in [0.29, 0.717) is 36.2 Å².